The molecule has 0 unspecified atom stereocenters. The van der Waals surface area contributed by atoms with E-state index in [1.54, 1.807) is 0 Å². The highest BCUT2D eigenvalue weighted by Crippen LogP contribution is 2.13. The van der Waals surface area contributed by atoms with Gasteiger partial charge in [-0.3, -0.25) is 4.90 Å². The number of rotatable bonds is 6. The molecule has 2 N–H and O–H groups in total. The maximum Gasteiger partial charge on any atom is 0.171 e. The number of nitrogens with one attached hydrogen (secondary N) is 2. The van der Waals surface area contributed by atoms with Crippen molar-refractivity contribution in [2.45, 2.75) is 39.9 Å². The molecule has 0 bridgehead atoms. The molecule has 0 aromatic heterocycles. The molecule has 2 rings (SSSR count). The summed E-state index contributed by atoms with van der Waals surface area (Å²) in [5, 5.41) is 7.18. The van der Waals surface area contributed by atoms with Crippen LogP contribution in [-0.4, -0.2) is 23.1 Å². The highest BCUT2D eigenvalue weighted by Gasteiger charge is 2.08. The van der Waals surface area contributed by atoms with E-state index in [1.807, 2.05) is 12.1 Å². The monoisotopic (exact) mass is 341 g/mol. The maximum absolute atomic E-state index is 5.41. The molecule has 0 heterocycles. The molecule has 0 radical (unpaired) electrons. The summed E-state index contributed by atoms with van der Waals surface area (Å²) in [7, 11) is 2.15. The first-order valence-corrected chi connectivity index (χ1v) is 8.75. The molecule has 0 saturated carbocycles. The Labute approximate surface area is 151 Å². The first-order chi connectivity index (χ1) is 11.5. The van der Waals surface area contributed by atoms with Crippen molar-refractivity contribution in [2.24, 2.45) is 0 Å². The molecule has 128 valence electrons. The van der Waals surface area contributed by atoms with Crippen LogP contribution in [0.15, 0.2) is 48.5 Å². The number of hydrogen-bond acceptors (Lipinski definition) is 2. The molecule has 2 aromatic rings. The Kier molecular flexibility index (Phi) is 6.76. The maximum atomic E-state index is 5.41. The minimum absolute atomic E-state index is 0.523. The van der Waals surface area contributed by atoms with Gasteiger partial charge in [0.1, 0.15) is 0 Å². The number of hydrogen-bond donors (Lipinski definition) is 2. The SMILES string of the molecule is Cc1ccc(NC(=S)NCc2ccccc2CN(C)C(C)C)cc1. The van der Waals surface area contributed by atoms with Gasteiger partial charge < -0.3 is 10.6 Å². The van der Waals surface area contributed by atoms with Crippen molar-refractivity contribution >= 4 is 23.0 Å². The number of anilines is 1. The Morgan fingerprint density at radius 1 is 1.04 bits per heavy atom. The van der Waals surface area contributed by atoms with E-state index in [2.05, 4.69) is 79.8 Å². The summed E-state index contributed by atoms with van der Waals surface area (Å²) in [6.07, 6.45) is 0. The summed E-state index contributed by atoms with van der Waals surface area (Å²) >= 11 is 5.41. The summed E-state index contributed by atoms with van der Waals surface area (Å²) in [4.78, 5) is 2.34. The van der Waals surface area contributed by atoms with E-state index in [-0.39, 0.29) is 0 Å². The van der Waals surface area contributed by atoms with Crippen molar-refractivity contribution in [3.05, 3.63) is 65.2 Å². The smallest absolute Gasteiger partial charge is 0.171 e. The fourth-order valence-corrected chi connectivity index (χ4v) is 2.51. The molecule has 0 amide bonds. The molecule has 0 aliphatic heterocycles. The quantitative estimate of drug-likeness (QED) is 0.765. The van der Waals surface area contributed by atoms with E-state index in [1.165, 1.54) is 16.7 Å². The zero-order valence-corrected chi connectivity index (χ0v) is 15.8. The van der Waals surface area contributed by atoms with Crippen molar-refractivity contribution in [1.29, 1.82) is 0 Å². The van der Waals surface area contributed by atoms with E-state index >= 15 is 0 Å². The first kappa shape index (κ1) is 18.4. The normalized spacial score (nSPS) is 10.9. The third-order valence-corrected chi connectivity index (χ3v) is 4.41. The van der Waals surface area contributed by atoms with E-state index in [9.17, 15) is 0 Å². The lowest BCUT2D eigenvalue weighted by Gasteiger charge is -2.22. The molecule has 0 spiro atoms. The fourth-order valence-electron chi connectivity index (χ4n) is 2.32. The van der Waals surface area contributed by atoms with Crippen LogP contribution < -0.4 is 10.6 Å². The van der Waals surface area contributed by atoms with Gasteiger partial charge in [0.05, 0.1) is 0 Å². The topological polar surface area (TPSA) is 27.3 Å². The van der Waals surface area contributed by atoms with Gasteiger partial charge in [-0.05, 0) is 63.3 Å². The van der Waals surface area contributed by atoms with Crippen LogP contribution in [0.4, 0.5) is 5.69 Å². The van der Waals surface area contributed by atoms with Gasteiger partial charge in [0.2, 0.25) is 0 Å². The Bertz CT molecular complexity index is 665. The zero-order chi connectivity index (χ0) is 17.5. The van der Waals surface area contributed by atoms with Crippen LogP contribution >= 0.6 is 12.2 Å². The molecule has 3 nitrogen and oxygen atoms in total. The first-order valence-electron chi connectivity index (χ1n) is 8.34. The van der Waals surface area contributed by atoms with Crippen LogP contribution in [0.5, 0.6) is 0 Å². The van der Waals surface area contributed by atoms with Gasteiger partial charge in [0.15, 0.2) is 5.11 Å². The lowest BCUT2D eigenvalue weighted by molar-refractivity contribution is 0.265. The van der Waals surface area contributed by atoms with E-state index in [4.69, 9.17) is 12.2 Å². The van der Waals surface area contributed by atoms with Gasteiger partial charge in [-0.1, -0.05) is 42.0 Å². The molecule has 0 fully saturated rings. The van der Waals surface area contributed by atoms with Crippen molar-refractivity contribution in [3.8, 4) is 0 Å². The minimum atomic E-state index is 0.523. The molecule has 0 aliphatic rings. The largest absolute Gasteiger partial charge is 0.358 e. The average Bonchev–Trinajstić information content (AvgIpc) is 2.56. The molecule has 0 atom stereocenters. The summed E-state index contributed by atoms with van der Waals surface area (Å²) in [5.74, 6) is 0. The third-order valence-electron chi connectivity index (χ3n) is 4.17. The highest BCUT2D eigenvalue weighted by molar-refractivity contribution is 7.80. The molecule has 2 aromatic carbocycles. The summed E-state index contributed by atoms with van der Waals surface area (Å²) in [6, 6.07) is 17.3. The Hall–Kier alpha value is -1.91. The molecule has 0 aliphatic carbocycles. The van der Waals surface area contributed by atoms with Crippen LogP contribution in [0.2, 0.25) is 0 Å². The summed E-state index contributed by atoms with van der Waals surface area (Å²) < 4.78 is 0. The number of thiocarbonyl (C=S) groups is 1. The van der Waals surface area contributed by atoms with E-state index in [0.717, 1.165) is 18.8 Å². The molecule has 4 heteroatoms. The van der Waals surface area contributed by atoms with Crippen molar-refractivity contribution in [3.63, 3.8) is 0 Å². The molecule has 0 saturated heterocycles. The van der Waals surface area contributed by atoms with Gasteiger partial charge in [-0.15, -0.1) is 0 Å². The average molecular weight is 342 g/mol. The fraction of sp³-hybridized carbons (Fsp3) is 0.350. The van der Waals surface area contributed by atoms with Gasteiger partial charge in [0.25, 0.3) is 0 Å². The van der Waals surface area contributed by atoms with E-state index in [0.29, 0.717) is 11.2 Å². The van der Waals surface area contributed by atoms with Crippen LogP contribution in [0, 0.1) is 6.92 Å². The van der Waals surface area contributed by atoms with Gasteiger partial charge in [-0.2, -0.15) is 0 Å². The van der Waals surface area contributed by atoms with Crippen LogP contribution in [0.3, 0.4) is 0 Å². The van der Waals surface area contributed by atoms with Gasteiger partial charge >= 0.3 is 0 Å². The van der Waals surface area contributed by atoms with Gasteiger partial charge in [-0.25, -0.2) is 0 Å². The molecular weight excluding hydrogens is 314 g/mol. The Morgan fingerprint density at radius 2 is 1.67 bits per heavy atom. The molecular formula is C20H27N3S. The van der Waals surface area contributed by atoms with Gasteiger partial charge in [0, 0.05) is 24.8 Å². The zero-order valence-electron chi connectivity index (χ0n) is 15.0. The Balaban J connectivity index is 1.93. The molecule has 24 heavy (non-hydrogen) atoms. The minimum Gasteiger partial charge on any atom is -0.358 e. The predicted octanol–water partition coefficient (Wildman–Crippen LogP) is 4.32. The lowest BCUT2D eigenvalue weighted by Crippen LogP contribution is -2.29. The van der Waals surface area contributed by atoms with Crippen LogP contribution in [-0.2, 0) is 13.1 Å². The number of benzene rings is 2. The third kappa shape index (κ3) is 5.62. The van der Waals surface area contributed by atoms with Crippen molar-refractivity contribution in [2.75, 3.05) is 12.4 Å². The lowest BCUT2D eigenvalue weighted by atomic mass is 10.1. The second-order valence-electron chi connectivity index (χ2n) is 6.45. The standard InChI is InChI=1S/C20H27N3S/c1-15(2)23(4)14-18-8-6-5-7-17(18)13-21-20(24)22-19-11-9-16(3)10-12-19/h5-12,15H,13-14H2,1-4H3,(H2,21,22,24). The van der Waals surface area contributed by atoms with Crippen molar-refractivity contribution in [1.82, 2.24) is 10.2 Å². The highest BCUT2D eigenvalue weighted by atomic mass is 32.1. The van der Waals surface area contributed by atoms with Crippen LogP contribution in [0.1, 0.15) is 30.5 Å². The number of nitrogens with zero attached hydrogens (tertiary/aromatic N) is 1. The van der Waals surface area contributed by atoms with Crippen molar-refractivity contribution < 1.29 is 0 Å². The Morgan fingerprint density at radius 3 is 2.29 bits per heavy atom. The second-order valence-corrected chi connectivity index (χ2v) is 6.86. The van der Waals surface area contributed by atoms with E-state index < -0.39 is 0 Å². The number of aryl methyl sites for hydroxylation is 1. The summed E-state index contributed by atoms with van der Waals surface area (Å²) in [5.41, 5.74) is 4.85. The predicted molar refractivity (Wildman–Crippen MR) is 107 cm³/mol. The summed E-state index contributed by atoms with van der Waals surface area (Å²) in [6.45, 7) is 8.15. The second kappa shape index (κ2) is 8.81. The van der Waals surface area contributed by atoms with Crippen LogP contribution in [0.25, 0.3) is 0 Å².